The number of furan rings is 1. The minimum Gasteiger partial charge on any atom is -0.456 e. The van der Waals surface area contributed by atoms with Gasteiger partial charge in [-0.2, -0.15) is 0 Å². The number of rotatable bonds is 3. The molecule has 0 radical (unpaired) electrons. The zero-order valence-corrected chi connectivity index (χ0v) is 35.5. The third-order valence-corrected chi connectivity index (χ3v) is 14.6. The van der Waals surface area contributed by atoms with Crippen LogP contribution in [-0.2, 0) is 5.41 Å². The molecule has 0 saturated carbocycles. The molecule has 0 amide bonds. The van der Waals surface area contributed by atoms with Crippen LogP contribution >= 0.6 is 0 Å². The first-order chi connectivity index (χ1) is 31.5. The van der Waals surface area contributed by atoms with Crippen LogP contribution in [0.1, 0.15) is 25.0 Å². The molecule has 0 fully saturated rings. The molecule has 0 unspecified atom stereocenters. The zero-order valence-electron chi connectivity index (χ0n) is 35.5. The average molecular weight is 813 g/mol. The van der Waals surface area contributed by atoms with Crippen molar-refractivity contribution in [1.29, 1.82) is 0 Å². The molecule has 1 aromatic heterocycles. The monoisotopic (exact) mass is 812 g/mol. The second kappa shape index (κ2) is 13.0. The lowest BCUT2D eigenvalue weighted by Crippen LogP contribution is -2.15. The van der Waals surface area contributed by atoms with E-state index in [-0.39, 0.29) is 5.41 Å². The Bertz CT molecular complexity index is 4100. The van der Waals surface area contributed by atoms with E-state index in [0.29, 0.717) is 0 Å². The van der Waals surface area contributed by atoms with E-state index in [9.17, 15) is 0 Å². The molecular weight excluding hydrogens is 773 g/mol. The van der Waals surface area contributed by atoms with Gasteiger partial charge in [0.25, 0.3) is 0 Å². The molecule has 298 valence electrons. The van der Waals surface area contributed by atoms with E-state index in [1.54, 1.807) is 0 Å². The van der Waals surface area contributed by atoms with Gasteiger partial charge in [0, 0.05) is 16.2 Å². The van der Waals surface area contributed by atoms with Gasteiger partial charge in [0.1, 0.15) is 11.2 Å². The summed E-state index contributed by atoms with van der Waals surface area (Å²) in [5, 5.41) is 17.6. The second-order valence-corrected chi connectivity index (χ2v) is 18.3. The Balaban J connectivity index is 0.954. The molecule has 0 bridgehead atoms. The Labute approximate surface area is 370 Å². The van der Waals surface area contributed by atoms with E-state index < -0.39 is 0 Å². The van der Waals surface area contributed by atoms with Gasteiger partial charge in [0.05, 0.1) is 0 Å². The lowest BCUT2D eigenvalue weighted by Gasteiger charge is -2.24. The summed E-state index contributed by atoms with van der Waals surface area (Å²) in [4.78, 5) is 0. The number of hydrogen-bond acceptors (Lipinski definition) is 1. The van der Waals surface area contributed by atoms with Crippen LogP contribution < -0.4 is 0 Å². The van der Waals surface area contributed by atoms with E-state index in [1.165, 1.54) is 120 Å². The predicted molar refractivity (Wildman–Crippen MR) is 273 cm³/mol. The standard InChI is InChI=1S/C63H40O/c1-63(2)56-31-27-38(35-55(56)61-47-18-7-5-16-43(47)44-17-6-12-23-52(44)62(61)63)39-28-32-57-53(34-39)54-36-40(29-33-58(54)64-57)59-48-19-8-10-21-50(48)60(51-22-11-9-20-49(51)59)46-25-13-24-42-41-15-4-3-14-37(41)26-30-45(42)46/h3-36H,1-2H3. The molecule has 14 rings (SSSR count). The van der Waals surface area contributed by atoms with E-state index in [0.717, 1.165) is 21.9 Å². The summed E-state index contributed by atoms with van der Waals surface area (Å²) in [7, 11) is 0. The molecule has 0 aliphatic heterocycles. The van der Waals surface area contributed by atoms with Gasteiger partial charge < -0.3 is 4.42 Å². The van der Waals surface area contributed by atoms with Crippen molar-refractivity contribution in [2.75, 3.05) is 0 Å². The SMILES string of the molecule is CC1(C)c2ccc(-c3ccc4oc5ccc(-c6c7ccccc7c(-c7cccc8c7ccc7ccccc78)c7ccccc67)cc5c4c3)cc2-c2c1c1ccccc1c1ccccc21. The quantitative estimate of drug-likeness (QED) is 0.128. The fraction of sp³-hybridized carbons (Fsp3) is 0.0476. The van der Waals surface area contributed by atoms with Gasteiger partial charge in [-0.25, -0.2) is 0 Å². The van der Waals surface area contributed by atoms with Gasteiger partial charge >= 0.3 is 0 Å². The highest BCUT2D eigenvalue weighted by Crippen LogP contribution is 2.55. The maximum Gasteiger partial charge on any atom is 0.135 e. The minimum absolute atomic E-state index is 0.135. The minimum atomic E-state index is -0.135. The average Bonchev–Trinajstić information content (AvgIpc) is 3.83. The molecule has 1 heteroatoms. The highest BCUT2D eigenvalue weighted by atomic mass is 16.3. The van der Waals surface area contributed by atoms with Crippen LogP contribution in [0.4, 0.5) is 0 Å². The molecule has 0 spiro atoms. The van der Waals surface area contributed by atoms with E-state index in [1.807, 2.05) is 0 Å². The van der Waals surface area contributed by atoms with Crippen LogP contribution in [0.5, 0.6) is 0 Å². The van der Waals surface area contributed by atoms with Crippen molar-refractivity contribution in [3.8, 4) is 44.5 Å². The van der Waals surface area contributed by atoms with E-state index in [2.05, 4.69) is 220 Å². The van der Waals surface area contributed by atoms with Crippen molar-refractivity contribution in [2.24, 2.45) is 0 Å². The highest BCUT2D eigenvalue weighted by Gasteiger charge is 2.38. The summed E-state index contributed by atoms with van der Waals surface area (Å²) < 4.78 is 6.59. The van der Waals surface area contributed by atoms with Gasteiger partial charge in [0.2, 0.25) is 0 Å². The molecule has 1 aliphatic carbocycles. The maximum absolute atomic E-state index is 6.59. The smallest absolute Gasteiger partial charge is 0.135 e. The molecule has 12 aromatic carbocycles. The summed E-state index contributed by atoms with van der Waals surface area (Å²) in [6.07, 6.45) is 0. The van der Waals surface area contributed by atoms with Crippen LogP contribution in [0.3, 0.4) is 0 Å². The van der Waals surface area contributed by atoms with E-state index >= 15 is 0 Å². The van der Waals surface area contributed by atoms with Gasteiger partial charge in [0.15, 0.2) is 0 Å². The third kappa shape index (κ3) is 4.84. The fourth-order valence-corrected chi connectivity index (χ4v) is 11.8. The summed E-state index contributed by atoms with van der Waals surface area (Å²) in [6.45, 7) is 4.79. The summed E-state index contributed by atoms with van der Waals surface area (Å²) in [5.74, 6) is 0. The Morgan fingerprint density at radius 1 is 0.297 bits per heavy atom. The molecule has 1 nitrogen and oxygen atoms in total. The first kappa shape index (κ1) is 35.6. The number of benzene rings is 12. The van der Waals surface area contributed by atoms with Crippen LogP contribution in [0.2, 0.25) is 0 Å². The lowest BCUT2D eigenvalue weighted by atomic mass is 9.79. The van der Waals surface area contributed by atoms with Crippen LogP contribution in [0, 0.1) is 0 Å². The Kier molecular flexibility index (Phi) is 7.24. The summed E-state index contributed by atoms with van der Waals surface area (Å²) in [6, 6.07) is 76.6. The zero-order chi connectivity index (χ0) is 42.3. The first-order valence-electron chi connectivity index (χ1n) is 22.4. The van der Waals surface area contributed by atoms with Gasteiger partial charge in [-0.15, -0.1) is 0 Å². The van der Waals surface area contributed by atoms with E-state index in [4.69, 9.17) is 4.42 Å². The van der Waals surface area contributed by atoms with Gasteiger partial charge in [-0.05, 0) is 151 Å². The van der Waals surface area contributed by atoms with Gasteiger partial charge in [-0.3, -0.25) is 0 Å². The Morgan fingerprint density at radius 3 is 1.47 bits per heavy atom. The molecule has 0 saturated heterocycles. The molecule has 0 N–H and O–H groups in total. The number of fused-ring (bicyclic) bond motifs is 16. The second-order valence-electron chi connectivity index (χ2n) is 18.3. The van der Waals surface area contributed by atoms with Crippen molar-refractivity contribution in [3.05, 3.63) is 217 Å². The Morgan fingerprint density at radius 2 is 0.781 bits per heavy atom. The van der Waals surface area contributed by atoms with Crippen LogP contribution in [0.15, 0.2) is 211 Å². The van der Waals surface area contributed by atoms with Crippen molar-refractivity contribution in [1.82, 2.24) is 0 Å². The van der Waals surface area contributed by atoms with Crippen LogP contribution in [-0.4, -0.2) is 0 Å². The van der Waals surface area contributed by atoms with Crippen molar-refractivity contribution in [3.63, 3.8) is 0 Å². The lowest BCUT2D eigenvalue weighted by molar-refractivity contribution is 0.666. The summed E-state index contributed by atoms with van der Waals surface area (Å²) in [5.41, 5.74) is 14.5. The molecule has 64 heavy (non-hydrogen) atoms. The normalized spacial score (nSPS) is 13.3. The highest BCUT2D eigenvalue weighted by molar-refractivity contribution is 6.25. The molecule has 1 heterocycles. The molecule has 0 atom stereocenters. The third-order valence-electron chi connectivity index (χ3n) is 14.6. The fourth-order valence-electron chi connectivity index (χ4n) is 11.8. The van der Waals surface area contributed by atoms with Gasteiger partial charge in [-0.1, -0.05) is 190 Å². The van der Waals surface area contributed by atoms with Crippen LogP contribution in [0.25, 0.3) is 131 Å². The largest absolute Gasteiger partial charge is 0.456 e. The van der Waals surface area contributed by atoms with Crippen molar-refractivity contribution in [2.45, 2.75) is 19.3 Å². The molecule has 1 aliphatic rings. The van der Waals surface area contributed by atoms with Crippen molar-refractivity contribution < 1.29 is 4.42 Å². The first-order valence-corrected chi connectivity index (χ1v) is 22.4. The topological polar surface area (TPSA) is 13.1 Å². The molecule has 13 aromatic rings. The predicted octanol–water partition coefficient (Wildman–Crippen LogP) is 17.8. The number of hydrogen-bond donors (Lipinski definition) is 0. The maximum atomic E-state index is 6.59. The van der Waals surface area contributed by atoms with Crippen molar-refractivity contribution >= 4 is 86.6 Å². The Hall–Kier alpha value is -8.00. The summed E-state index contributed by atoms with van der Waals surface area (Å²) >= 11 is 0. The molecular formula is C63H40O.